The third-order valence-corrected chi connectivity index (χ3v) is 5.22. The van der Waals surface area contributed by atoms with Gasteiger partial charge in [-0.25, -0.2) is 4.99 Å². The number of nitrogens with two attached hydrogens (primary N) is 1. The fourth-order valence-corrected chi connectivity index (χ4v) is 4.24. The first-order valence-electron chi connectivity index (χ1n) is 6.77. The molecule has 1 aliphatic carbocycles. The first-order chi connectivity index (χ1) is 10.2. The first-order valence-corrected chi connectivity index (χ1v) is 6.77. The van der Waals surface area contributed by atoms with Crippen LogP contribution in [0.3, 0.4) is 0 Å². The summed E-state index contributed by atoms with van der Waals surface area (Å²) in [6, 6.07) is 0. The molecule has 1 spiro atoms. The molecule has 9 atom stereocenters. The number of aliphatic imine (C=N–C) groups is 1. The Morgan fingerprint density at radius 1 is 1.18 bits per heavy atom. The van der Waals surface area contributed by atoms with Crippen molar-refractivity contribution in [3.8, 4) is 0 Å². The van der Waals surface area contributed by atoms with Gasteiger partial charge < -0.3 is 51.2 Å². The van der Waals surface area contributed by atoms with Crippen LogP contribution in [0, 0.1) is 5.92 Å². The number of ether oxygens (including phenoxy) is 2. The predicted octanol–water partition coefficient (Wildman–Crippen LogP) is -5.52. The maximum Gasteiger partial charge on any atom is 0.311 e. The molecule has 0 aromatic carbocycles. The zero-order valence-electron chi connectivity index (χ0n) is 11.2. The van der Waals surface area contributed by atoms with E-state index in [1.54, 1.807) is 0 Å². The molecule has 11 heteroatoms. The molecule has 4 heterocycles. The zero-order valence-corrected chi connectivity index (χ0v) is 11.2. The number of hydrogen-bond acceptors (Lipinski definition) is 11. The molecule has 4 bridgehead atoms. The van der Waals surface area contributed by atoms with Crippen LogP contribution in [0.4, 0.5) is 0 Å². The molecule has 0 aromatic heterocycles. The maximum atomic E-state index is 10.6. The molecule has 124 valence electrons. The third kappa shape index (κ3) is 1.28. The van der Waals surface area contributed by atoms with Crippen LogP contribution in [0.25, 0.3) is 0 Å². The van der Waals surface area contributed by atoms with Gasteiger partial charge in [0.2, 0.25) is 0 Å². The summed E-state index contributed by atoms with van der Waals surface area (Å²) < 4.78 is 10.3. The van der Waals surface area contributed by atoms with Crippen molar-refractivity contribution in [2.45, 2.75) is 47.8 Å². The van der Waals surface area contributed by atoms with E-state index in [4.69, 9.17) is 15.2 Å². The van der Waals surface area contributed by atoms with Gasteiger partial charge in [0.1, 0.15) is 29.5 Å². The van der Waals surface area contributed by atoms with Crippen LogP contribution in [-0.2, 0) is 9.47 Å². The van der Waals surface area contributed by atoms with Gasteiger partial charge in [-0.1, -0.05) is 0 Å². The highest BCUT2D eigenvalue weighted by Crippen LogP contribution is 2.58. The standard InChI is InChI=1S/C11H17N3O8/c12-8-13-6(17)2-4-9(19,1-15)5-3(16)10(2,14-8)7(18)11(20,21-4)22-5/h2-7,15-20H,1H2,(H3,12,13,14)/t2-,3+,4+,5-,6+,7-,9+,10+,11+/m0/s1. The van der Waals surface area contributed by atoms with Gasteiger partial charge in [-0.05, 0) is 0 Å². The lowest BCUT2D eigenvalue weighted by atomic mass is 9.55. The number of aliphatic hydroxyl groups is 6. The molecular weight excluding hydrogens is 302 g/mol. The van der Waals surface area contributed by atoms with Crippen molar-refractivity contribution in [2.75, 3.05) is 6.61 Å². The predicted molar refractivity (Wildman–Crippen MR) is 65.7 cm³/mol. The molecule has 1 saturated carbocycles. The van der Waals surface area contributed by atoms with E-state index in [0.29, 0.717) is 0 Å². The third-order valence-electron chi connectivity index (χ3n) is 5.22. The fraction of sp³-hybridized carbons (Fsp3) is 0.909. The highest BCUT2D eigenvalue weighted by molar-refractivity contribution is 5.80. The van der Waals surface area contributed by atoms with E-state index in [1.165, 1.54) is 0 Å². The van der Waals surface area contributed by atoms with Crippen molar-refractivity contribution >= 4 is 5.96 Å². The summed E-state index contributed by atoms with van der Waals surface area (Å²) in [6.07, 6.45) is -7.77. The topological polar surface area (TPSA) is 190 Å². The molecule has 0 unspecified atom stereocenters. The minimum absolute atomic E-state index is 0.250. The van der Waals surface area contributed by atoms with Crippen LogP contribution in [0.5, 0.6) is 0 Å². The Hall–Kier alpha value is -1.05. The lowest BCUT2D eigenvalue weighted by Crippen LogP contribution is -2.95. The highest BCUT2D eigenvalue weighted by atomic mass is 16.9. The molecule has 4 fully saturated rings. The molecule has 0 radical (unpaired) electrons. The summed E-state index contributed by atoms with van der Waals surface area (Å²) >= 11 is 0. The van der Waals surface area contributed by atoms with Gasteiger partial charge in [-0.3, -0.25) is 0 Å². The van der Waals surface area contributed by atoms with Gasteiger partial charge in [-0.15, -0.1) is 0 Å². The van der Waals surface area contributed by atoms with Gasteiger partial charge in [0.25, 0.3) is 0 Å². The number of aliphatic hydroxyl groups excluding tert-OH is 4. The molecule has 5 aliphatic rings. The Labute approximate surface area is 123 Å². The maximum absolute atomic E-state index is 10.6. The average Bonchev–Trinajstić information content (AvgIpc) is 2.45. The van der Waals surface area contributed by atoms with E-state index in [1.807, 2.05) is 0 Å². The molecular formula is C11H17N3O8. The normalized spacial score (nSPS) is 62.4. The molecule has 9 N–H and O–H groups in total. The van der Waals surface area contributed by atoms with Crippen LogP contribution >= 0.6 is 0 Å². The van der Waals surface area contributed by atoms with Crippen LogP contribution in [0.1, 0.15) is 0 Å². The minimum Gasteiger partial charge on any atom is -0.393 e. The van der Waals surface area contributed by atoms with Crippen molar-refractivity contribution in [3.63, 3.8) is 0 Å². The Bertz CT molecular complexity index is 561. The highest BCUT2D eigenvalue weighted by Gasteiger charge is 2.82. The van der Waals surface area contributed by atoms with Gasteiger partial charge in [0.05, 0.1) is 12.5 Å². The lowest BCUT2D eigenvalue weighted by Gasteiger charge is -2.71. The van der Waals surface area contributed by atoms with Crippen molar-refractivity contribution in [2.24, 2.45) is 16.6 Å². The number of nitrogens with one attached hydrogen (secondary N) is 1. The summed E-state index contributed by atoms with van der Waals surface area (Å²) in [5, 5.41) is 64.3. The van der Waals surface area contributed by atoms with E-state index in [2.05, 4.69) is 10.3 Å². The number of guanidine groups is 1. The summed E-state index contributed by atoms with van der Waals surface area (Å²) in [4.78, 5) is 3.70. The average molecular weight is 319 g/mol. The Balaban J connectivity index is 1.95. The molecule has 22 heavy (non-hydrogen) atoms. The molecule has 11 nitrogen and oxygen atoms in total. The Kier molecular flexibility index (Phi) is 2.57. The van der Waals surface area contributed by atoms with Crippen LogP contribution < -0.4 is 11.1 Å². The van der Waals surface area contributed by atoms with Crippen molar-refractivity contribution in [1.29, 1.82) is 0 Å². The lowest BCUT2D eigenvalue weighted by molar-refractivity contribution is -0.548. The van der Waals surface area contributed by atoms with Gasteiger partial charge in [-0.2, -0.15) is 0 Å². The van der Waals surface area contributed by atoms with E-state index in [0.717, 1.165) is 0 Å². The molecule has 3 saturated heterocycles. The van der Waals surface area contributed by atoms with Crippen LogP contribution in [-0.4, -0.2) is 91.0 Å². The number of nitrogens with zero attached hydrogens (tertiary/aromatic N) is 1. The van der Waals surface area contributed by atoms with Crippen molar-refractivity contribution in [1.82, 2.24) is 5.32 Å². The second kappa shape index (κ2) is 3.88. The summed E-state index contributed by atoms with van der Waals surface area (Å²) in [6.45, 7) is -0.857. The largest absolute Gasteiger partial charge is 0.393 e. The summed E-state index contributed by atoms with van der Waals surface area (Å²) in [5.74, 6) is -3.95. The molecule has 0 aromatic rings. The SMILES string of the molecule is NC1=N[C@H](O)[C@@H]2[C@H]3O[C@@]4(O)O[C@@H]([C@@H](O)[C@@]2(N1)[C@@H]4O)[C@@]3(O)CO. The van der Waals surface area contributed by atoms with E-state index in [9.17, 15) is 30.6 Å². The summed E-state index contributed by atoms with van der Waals surface area (Å²) in [5.41, 5.74) is 1.74. The minimum atomic E-state index is -2.52. The molecule has 5 rings (SSSR count). The second-order valence-corrected chi connectivity index (χ2v) is 6.22. The van der Waals surface area contributed by atoms with Gasteiger partial charge in [0.15, 0.2) is 18.3 Å². The van der Waals surface area contributed by atoms with Crippen molar-refractivity contribution < 1.29 is 40.1 Å². The monoisotopic (exact) mass is 319 g/mol. The fourth-order valence-electron chi connectivity index (χ4n) is 4.24. The van der Waals surface area contributed by atoms with Crippen molar-refractivity contribution in [3.05, 3.63) is 0 Å². The van der Waals surface area contributed by atoms with Gasteiger partial charge >= 0.3 is 5.97 Å². The second-order valence-electron chi connectivity index (χ2n) is 6.22. The van der Waals surface area contributed by atoms with E-state index >= 15 is 0 Å². The number of rotatable bonds is 1. The first kappa shape index (κ1) is 14.5. The number of hydrogen-bond donors (Lipinski definition) is 8. The Morgan fingerprint density at radius 3 is 2.45 bits per heavy atom. The van der Waals surface area contributed by atoms with E-state index < -0.39 is 60.3 Å². The molecule has 4 aliphatic heterocycles. The van der Waals surface area contributed by atoms with Crippen LogP contribution in [0.2, 0.25) is 0 Å². The Morgan fingerprint density at radius 2 is 1.82 bits per heavy atom. The zero-order chi connectivity index (χ0) is 16.1. The van der Waals surface area contributed by atoms with E-state index in [-0.39, 0.29) is 5.96 Å². The van der Waals surface area contributed by atoms with Crippen LogP contribution in [0.15, 0.2) is 4.99 Å². The summed E-state index contributed by atoms with van der Waals surface area (Å²) in [7, 11) is 0. The van der Waals surface area contributed by atoms with Gasteiger partial charge in [0, 0.05) is 0 Å². The quantitative estimate of drug-likeness (QED) is 0.231. The molecule has 0 amide bonds. The smallest absolute Gasteiger partial charge is 0.311 e.